The Hall–Kier alpha value is -0.230. The molecule has 3 unspecified atom stereocenters. The SMILES string of the molecule is OC[C@H](O)[C@@H](O)[C@H](O)[C@H](O)/C=C/[S+]1C[C@@H](O)[C@H](O)C12CC2O. The van der Waals surface area contributed by atoms with E-state index < -0.39 is 65.0 Å². The topological polar surface area (TPSA) is 162 Å². The van der Waals surface area contributed by atoms with E-state index in [0.29, 0.717) is 6.42 Å². The van der Waals surface area contributed by atoms with Gasteiger partial charge in [-0.1, -0.05) is 0 Å². The van der Waals surface area contributed by atoms with Crippen LogP contribution in [-0.2, 0) is 10.9 Å². The maximum atomic E-state index is 9.95. The zero-order chi connectivity index (χ0) is 16.7. The molecule has 0 aromatic rings. The van der Waals surface area contributed by atoms with Crippen molar-refractivity contribution in [3.8, 4) is 0 Å². The van der Waals surface area contributed by atoms with Gasteiger partial charge in [-0.15, -0.1) is 0 Å². The van der Waals surface area contributed by atoms with Crippen molar-refractivity contribution in [3.63, 3.8) is 0 Å². The van der Waals surface area contributed by atoms with Gasteiger partial charge in [0, 0.05) is 17.3 Å². The summed E-state index contributed by atoms with van der Waals surface area (Å²) in [7, 11) is -0.675. The van der Waals surface area contributed by atoms with E-state index in [2.05, 4.69) is 0 Å². The molecule has 1 aliphatic carbocycles. The minimum Gasteiger partial charge on any atom is -0.394 e. The first-order valence-corrected chi connectivity index (χ1v) is 8.46. The number of rotatable bonds is 6. The minimum atomic E-state index is -1.71. The van der Waals surface area contributed by atoms with Crippen molar-refractivity contribution in [2.24, 2.45) is 0 Å². The van der Waals surface area contributed by atoms with Gasteiger partial charge < -0.3 is 40.9 Å². The first-order valence-electron chi connectivity index (χ1n) is 7.01. The molecule has 128 valence electrons. The van der Waals surface area contributed by atoms with E-state index in [1.165, 1.54) is 11.5 Å². The normalized spacial score (nSPS) is 43.5. The van der Waals surface area contributed by atoms with E-state index in [1.807, 2.05) is 0 Å². The molecular formula is C13H23O8S+. The highest BCUT2D eigenvalue weighted by molar-refractivity contribution is 8.01. The van der Waals surface area contributed by atoms with Gasteiger partial charge in [-0.25, -0.2) is 0 Å². The van der Waals surface area contributed by atoms with Crippen LogP contribution in [0.2, 0.25) is 0 Å². The van der Waals surface area contributed by atoms with Crippen molar-refractivity contribution in [3.05, 3.63) is 11.5 Å². The Morgan fingerprint density at radius 1 is 1.09 bits per heavy atom. The number of aliphatic hydroxyl groups excluding tert-OH is 8. The van der Waals surface area contributed by atoms with Crippen LogP contribution in [0, 0.1) is 0 Å². The fraction of sp³-hybridized carbons (Fsp3) is 0.846. The quantitative estimate of drug-likeness (QED) is 0.226. The van der Waals surface area contributed by atoms with Gasteiger partial charge in [0.15, 0.2) is 4.75 Å². The average Bonchev–Trinajstić information content (AvgIpc) is 3.13. The molecule has 0 aromatic carbocycles. The fourth-order valence-corrected chi connectivity index (χ4v) is 5.53. The summed E-state index contributed by atoms with van der Waals surface area (Å²) < 4.78 is -0.788. The van der Waals surface area contributed by atoms with E-state index >= 15 is 0 Å². The van der Waals surface area contributed by atoms with Crippen molar-refractivity contribution in [2.45, 2.75) is 53.9 Å². The molecule has 2 fully saturated rings. The van der Waals surface area contributed by atoms with Crippen molar-refractivity contribution in [2.75, 3.05) is 12.4 Å². The second-order valence-corrected chi connectivity index (χ2v) is 8.06. The third-order valence-electron chi connectivity index (χ3n) is 4.34. The summed E-state index contributed by atoms with van der Waals surface area (Å²) in [6.45, 7) is -0.757. The summed E-state index contributed by atoms with van der Waals surface area (Å²) in [6.07, 6.45) is -7.60. The number of aliphatic hydroxyl groups is 8. The Morgan fingerprint density at radius 2 is 1.68 bits per heavy atom. The van der Waals surface area contributed by atoms with E-state index in [1.54, 1.807) is 0 Å². The predicted octanol–water partition coefficient (Wildman–Crippen LogP) is -4.21. The molecule has 1 saturated heterocycles. The van der Waals surface area contributed by atoms with E-state index in [0.717, 1.165) is 0 Å². The molecule has 1 heterocycles. The molecule has 8 N–H and O–H groups in total. The van der Waals surface area contributed by atoms with Crippen LogP contribution < -0.4 is 0 Å². The molecule has 1 aliphatic heterocycles. The van der Waals surface area contributed by atoms with Gasteiger partial charge in [-0.2, -0.15) is 0 Å². The minimum absolute atomic E-state index is 0.249. The van der Waals surface area contributed by atoms with Gasteiger partial charge >= 0.3 is 0 Å². The summed E-state index contributed by atoms with van der Waals surface area (Å²) in [6, 6.07) is 0. The van der Waals surface area contributed by atoms with Crippen LogP contribution in [0.15, 0.2) is 11.5 Å². The van der Waals surface area contributed by atoms with Crippen molar-refractivity contribution in [1.29, 1.82) is 0 Å². The largest absolute Gasteiger partial charge is 0.394 e. The first kappa shape index (κ1) is 18.1. The second-order valence-electron chi connectivity index (χ2n) is 5.83. The summed E-state index contributed by atoms with van der Waals surface area (Å²) >= 11 is 0. The zero-order valence-electron chi connectivity index (χ0n) is 11.8. The van der Waals surface area contributed by atoms with Gasteiger partial charge in [-0.05, 0) is 6.08 Å². The summed E-state index contributed by atoms with van der Waals surface area (Å²) in [4.78, 5) is 0. The Kier molecular flexibility index (Phi) is 5.53. The molecule has 2 aliphatic rings. The van der Waals surface area contributed by atoms with Gasteiger partial charge in [-0.3, -0.25) is 0 Å². The Labute approximate surface area is 130 Å². The second kappa shape index (κ2) is 6.71. The van der Waals surface area contributed by atoms with Gasteiger partial charge in [0.25, 0.3) is 0 Å². The molecule has 2 rings (SSSR count). The lowest BCUT2D eigenvalue weighted by Gasteiger charge is -2.23. The molecule has 8 nitrogen and oxygen atoms in total. The number of hydrogen-bond donors (Lipinski definition) is 8. The van der Waals surface area contributed by atoms with E-state index in [4.69, 9.17) is 5.11 Å². The lowest BCUT2D eigenvalue weighted by Crippen LogP contribution is -2.45. The van der Waals surface area contributed by atoms with Crippen LogP contribution in [0.4, 0.5) is 0 Å². The monoisotopic (exact) mass is 339 g/mol. The molecular weight excluding hydrogens is 316 g/mol. The predicted molar refractivity (Wildman–Crippen MR) is 77.9 cm³/mol. The third kappa shape index (κ3) is 3.05. The lowest BCUT2D eigenvalue weighted by atomic mass is 10.0. The highest BCUT2D eigenvalue weighted by Gasteiger charge is 2.76. The maximum absolute atomic E-state index is 9.95. The molecule has 0 amide bonds. The molecule has 0 radical (unpaired) electrons. The van der Waals surface area contributed by atoms with Gasteiger partial charge in [0.05, 0.1) is 6.61 Å². The highest BCUT2D eigenvalue weighted by Crippen LogP contribution is 2.53. The van der Waals surface area contributed by atoms with Gasteiger partial charge in [0.1, 0.15) is 53.9 Å². The van der Waals surface area contributed by atoms with Crippen LogP contribution in [0.5, 0.6) is 0 Å². The smallest absolute Gasteiger partial charge is 0.189 e. The van der Waals surface area contributed by atoms with E-state index in [-0.39, 0.29) is 5.75 Å². The van der Waals surface area contributed by atoms with Crippen molar-refractivity contribution >= 4 is 10.9 Å². The van der Waals surface area contributed by atoms with Crippen molar-refractivity contribution in [1.82, 2.24) is 0 Å². The van der Waals surface area contributed by atoms with Crippen LogP contribution >= 0.6 is 0 Å². The summed E-state index contributed by atoms with van der Waals surface area (Å²) in [5.74, 6) is 0.249. The molecule has 0 aromatic heterocycles. The molecule has 9 atom stereocenters. The molecule has 1 saturated carbocycles. The van der Waals surface area contributed by atoms with Crippen LogP contribution in [0.3, 0.4) is 0 Å². The van der Waals surface area contributed by atoms with Crippen LogP contribution in [0.25, 0.3) is 0 Å². The summed E-state index contributed by atoms with van der Waals surface area (Å²) in [5.41, 5.74) is 0. The third-order valence-corrected chi connectivity index (χ3v) is 7.18. The summed E-state index contributed by atoms with van der Waals surface area (Å²) in [5, 5.41) is 77.9. The van der Waals surface area contributed by atoms with E-state index in [9.17, 15) is 35.7 Å². The maximum Gasteiger partial charge on any atom is 0.189 e. The first-order chi connectivity index (χ1) is 10.3. The number of hydrogen-bond acceptors (Lipinski definition) is 8. The lowest BCUT2D eigenvalue weighted by molar-refractivity contribution is -0.104. The Morgan fingerprint density at radius 3 is 2.18 bits per heavy atom. The van der Waals surface area contributed by atoms with Crippen LogP contribution in [-0.4, -0.2) is 101 Å². The average molecular weight is 339 g/mol. The van der Waals surface area contributed by atoms with Gasteiger partial charge in [0.2, 0.25) is 0 Å². The zero-order valence-corrected chi connectivity index (χ0v) is 12.6. The fourth-order valence-electron chi connectivity index (χ4n) is 2.76. The molecule has 1 spiro atoms. The Balaban J connectivity index is 2.00. The highest BCUT2D eigenvalue weighted by atomic mass is 32.2. The molecule has 0 bridgehead atoms. The molecule has 22 heavy (non-hydrogen) atoms. The Bertz CT molecular complexity index is 421. The standard InChI is InChI=1S/C13H23O8S/c14-4-7(16)11(20)10(19)6(15)1-2-22-5-8(17)12(21)13(22)3-9(13)18/h1-2,6-12,14-21H,3-5H2/q+1/b2-1+/t6-,7+,8-,9?,10-,11-,12+,13?,22?/m1/s1. The van der Waals surface area contributed by atoms with Crippen molar-refractivity contribution < 1.29 is 40.9 Å². The van der Waals surface area contributed by atoms with Crippen LogP contribution in [0.1, 0.15) is 6.42 Å². The molecule has 9 heteroatoms.